The van der Waals surface area contributed by atoms with Crippen molar-refractivity contribution in [3.05, 3.63) is 157 Å². The molecule has 12 rings (SSSR count). The topological polar surface area (TPSA) is 12.2 Å². The van der Waals surface area contributed by atoms with Crippen molar-refractivity contribution in [2.75, 3.05) is 0 Å². The zero-order valence-electron chi connectivity index (χ0n) is 34.0. The van der Waals surface area contributed by atoms with Crippen LogP contribution in [0.1, 0.15) is 64.2 Å². The first-order chi connectivity index (χ1) is 28.0. The van der Waals surface area contributed by atoms with E-state index in [1.807, 2.05) is 11.3 Å². The molecule has 2 atom stereocenters. The molecule has 2 unspecified atom stereocenters. The molecule has 0 aliphatic carbocycles. The van der Waals surface area contributed by atoms with Crippen LogP contribution < -0.4 is 9.13 Å². The molecule has 2 aliphatic heterocycles. The van der Waals surface area contributed by atoms with Gasteiger partial charge in [-0.3, -0.25) is 0 Å². The summed E-state index contributed by atoms with van der Waals surface area (Å²) in [7, 11) is 0. The summed E-state index contributed by atoms with van der Waals surface area (Å²) in [5.74, 6) is 0. The van der Waals surface area contributed by atoms with Gasteiger partial charge in [0.1, 0.15) is 0 Å². The number of rotatable bonds is 1. The highest BCUT2D eigenvalue weighted by atomic mass is 32.1. The van der Waals surface area contributed by atoms with Gasteiger partial charge in [-0.15, -0.1) is 11.3 Å². The summed E-state index contributed by atoms with van der Waals surface area (Å²) >= 11 is 1.94. The number of fused-ring (bicyclic) bond motifs is 19. The quantitative estimate of drug-likeness (QED) is 0.147. The normalized spacial score (nSPS) is 19.5. The van der Waals surface area contributed by atoms with Crippen LogP contribution in [0.25, 0.3) is 86.5 Å². The fourth-order valence-corrected chi connectivity index (χ4v) is 12.6. The Balaban J connectivity index is 1.21. The number of thiophene rings is 1. The molecular weight excluding hydrogens is 723 g/mol. The second kappa shape index (κ2) is 11.6. The molecule has 0 saturated carbocycles. The van der Waals surface area contributed by atoms with Crippen molar-refractivity contribution >= 4 is 75.3 Å². The molecule has 2 aliphatic rings. The number of nitrogens with zero attached hydrogens (tertiary/aromatic N) is 3. The van der Waals surface area contributed by atoms with Crippen LogP contribution in [0.2, 0.25) is 0 Å². The van der Waals surface area contributed by atoms with E-state index in [0.717, 1.165) is 31.4 Å². The fourth-order valence-electron chi connectivity index (χ4n) is 11.4. The molecule has 3 nitrogen and oxygen atoms in total. The average Bonchev–Trinajstić information content (AvgIpc) is 3.87. The van der Waals surface area contributed by atoms with Crippen molar-refractivity contribution in [1.82, 2.24) is 4.40 Å². The van der Waals surface area contributed by atoms with Crippen molar-refractivity contribution in [2.24, 2.45) is 5.41 Å². The van der Waals surface area contributed by atoms with Crippen LogP contribution in [0.15, 0.2) is 140 Å². The smallest absolute Gasteiger partial charge is 0.218 e. The Hall–Kier alpha value is -5.84. The Bertz CT molecular complexity index is 3390. The molecule has 58 heavy (non-hydrogen) atoms. The standard InChI is InChI=1S/C54H47N3S/c1-33-31-54(6)53(5,24-22-35-15-7-8-16-36(35)44-19-13-14-25-55(33)44)43-30-47-39(28-42(43)46-27-34(23-26-56(46)54)32-52(2,3)4)40-29-41-37-17-10-12-21-48(37)58-51(41)49-38-18-9-11-20-45(38)57(47)50(40)49/h7-21,23,25-30H,1,22,24,31-32H2,2-6H3/q+2. The molecule has 5 aromatic carbocycles. The molecule has 0 saturated heterocycles. The Morgan fingerprint density at radius 2 is 1.48 bits per heavy atom. The molecule has 5 aromatic heterocycles. The first-order valence-corrected chi connectivity index (χ1v) is 21.7. The van der Waals surface area contributed by atoms with E-state index in [0.29, 0.717) is 0 Å². The van der Waals surface area contributed by atoms with Gasteiger partial charge in [-0.05, 0) is 97.3 Å². The SMILES string of the molecule is C=C1CC2(C)[n+]3ccc(CC(C)(C)C)cc3-c3cc4c5cc6c7ccccc7sc6c6c7ccccc7n(c4cc3C2(C)CCc2ccccc2-c2cccc[n+]21)c56. The second-order valence-electron chi connectivity index (χ2n) is 18.9. The lowest BCUT2D eigenvalue weighted by Crippen LogP contribution is -2.68. The summed E-state index contributed by atoms with van der Waals surface area (Å²) in [4.78, 5) is 0. The summed E-state index contributed by atoms with van der Waals surface area (Å²) in [6.07, 6.45) is 8.43. The Morgan fingerprint density at radius 1 is 0.707 bits per heavy atom. The third-order valence-corrected chi connectivity index (χ3v) is 15.4. The van der Waals surface area contributed by atoms with Gasteiger partial charge < -0.3 is 4.40 Å². The van der Waals surface area contributed by atoms with Gasteiger partial charge in [0.2, 0.25) is 11.4 Å². The van der Waals surface area contributed by atoms with Gasteiger partial charge in [-0.2, -0.15) is 9.13 Å². The number of allylic oxidation sites excluding steroid dienone is 1. The predicted molar refractivity (Wildman–Crippen MR) is 244 cm³/mol. The maximum Gasteiger partial charge on any atom is 0.218 e. The molecule has 4 heteroatoms. The maximum absolute atomic E-state index is 4.89. The molecule has 0 spiro atoms. The lowest BCUT2D eigenvalue weighted by molar-refractivity contribution is -0.766. The number of benzene rings is 5. The number of para-hydroxylation sites is 1. The van der Waals surface area contributed by atoms with Crippen molar-refractivity contribution in [3.8, 4) is 22.5 Å². The monoisotopic (exact) mass is 769 g/mol. The molecule has 10 aromatic rings. The van der Waals surface area contributed by atoms with Gasteiger partial charge in [-0.25, -0.2) is 0 Å². The number of pyridine rings is 2. The van der Waals surface area contributed by atoms with Crippen molar-refractivity contribution in [1.29, 1.82) is 0 Å². The van der Waals surface area contributed by atoms with Crippen molar-refractivity contribution < 1.29 is 9.13 Å². The molecule has 0 fully saturated rings. The van der Waals surface area contributed by atoms with E-state index in [4.69, 9.17) is 6.58 Å². The van der Waals surface area contributed by atoms with Crippen LogP contribution in [-0.4, -0.2) is 4.40 Å². The van der Waals surface area contributed by atoms with Gasteiger partial charge in [0.15, 0.2) is 23.6 Å². The summed E-state index contributed by atoms with van der Waals surface area (Å²) in [6, 6.07) is 46.3. The van der Waals surface area contributed by atoms with Crippen LogP contribution in [0.3, 0.4) is 0 Å². The van der Waals surface area contributed by atoms with Gasteiger partial charge in [-0.1, -0.05) is 75.4 Å². The lowest BCUT2D eigenvalue weighted by atomic mass is 9.59. The number of hydrogen-bond donors (Lipinski definition) is 0. The second-order valence-corrected chi connectivity index (χ2v) is 19.9. The lowest BCUT2D eigenvalue weighted by Gasteiger charge is -2.47. The largest absolute Gasteiger partial charge is 0.308 e. The zero-order chi connectivity index (χ0) is 39.3. The highest BCUT2D eigenvalue weighted by molar-refractivity contribution is 7.26. The molecule has 7 heterocycles. The fraction of sp³-hybridized carbons (Fsp3) is 0.222. The predicted octanol–water partition coefficient (Wildman–Crippen LogP) is 13.2. The van der Waals surface area contributed by atoms with Crippen LogP contribution in [-0.2, 0) is 23.8 Å². The highest BCUT2D eigenvalue weighted by Gasteiger charge is 2.59. The minimum absolute atomic E-state index is 0.167. The minimum atomic E-state index is -0.325. The molecule has 0 amide bonds. The average molecular weight is 770 g/mol. The zero-order valence-corrected chi connectivity index (χ0v) is 34.8. The van der Waals surface area contributed by atoms with E-state index < -0.39 is 0 Å². The van der Waals surface area contributed by atoms with E-state index in [9.17, 15) is 0 Å². The van der Waals surface area contributed by atoms with Crippen molar-refractivity contribution in [3.63, 3.8) is 0 Å². The third kappa shape index (κ3) is 4.50. The first-order valence-electron chi connectivity index (χ1n) is 20.9. The first kappa shape index (κ1) is 34.2. The van der Waals surface area contributed by atoms with E-state index in [-0.39, 0.29) is 16.4 Å². The van der Waals surface area contributed by atoms with Gasteiger partial charge >= 0.3 is 0 Å². The molecule has 0 N–H and O–H groups in total. The van der Waals surface area contributed by atoms with Gasteiger partial charge in [0.05, 0.1) is 33.9 Å². The van der Waals surface area contributed by atoms with E-state index >= 15 is 0 Å². The summed E-state index contributed by atoms with van der Waals surface area (Å²) < 4.78 is 10.4. The highest BCUT2D eigenvalue weighted by Crippen LogP contribution is 2.55. The molecule has 0 radical (unpaired) electrons. The van der Waals surface area contributed by atoms with Gasteiger partial charge in [0.25, 0.3) is 0 Å². The minimum Gasteiger partial charge on any atom is -0.308 e. The van der Waals surface area contributed by atoms with Crippen molar-refractivity contribution in [2.45, 2.75) is 71.3 Å². The van der Waals surface area contributed by atoms with Crippen LogP contribution in [0.5, 0.6) is 0 Å². The Kier molecular flexibility index (Phi) is 6.87. The summed E-state index contributed by atoms with van der Waals surface area (Å²) in [5.41, 5.74) is 14.0. The third-order valence-electron chi connectivity index (χ3n) is 14.2. The maximum atomic E-state index is 4.89. The van der Waals surface area contributed by atoms with Gasteiger partial charge in [0, 0.05) is 78.5 Å². The van der Waals surface area contributed by atoms with Crippen LogP contribution >= 0.6 is 11.3 Å². The van der Waals surface area contributed by atoms with E-state index in [2.05, 4.69) is 182 Å². The number of aryl methyl sites for hydroxylation is 1. The number of aromatic nitrogens is 3. The molecule has 282 valence electrons. The summed E-state index contributed by atoms with van der Waals surface area (Å²) in [6.45, 7) is 17.0. The Labute approximate surface area is 343 Å². The van der Waals surface area contributed by atoms with Crippen LogP contribution in [0.4, 0.5) is 0 Å². The van der Waals surface area contributed by atoms with Crippen LogP contribution in [0, 0.1) is 5.41 Å². The molecule has 0 bridgehead atoms. The Morgan fingerprint density at radius 3 is 2.34 bits per heavy atom. The number of hydrogen-bond acceptors (Lipinski definition) is 1. The van der Waals surface area contributed by atoms with E-state index in [1.54, 1.807) is 0 Å². The molecular formula is C54H47N3S+2. The summed E-state index contributed by atoms with van der Waals surface area (Å²) in [5, 5.41) is 8.12. The van der Waals surface area contributed by atoms with E-state index in [1.165, 1.54) is 97.5 Å².